The van der Waals surface area contributed by atoms with E-state index in [1.54, 1.807) is 6.08 Å². The Balaban J connectivity index is 1.63. The van der Waals surface area contributed by atoms with E-state index in [1.807, 2.05) is 6.08 Å². The fourth-order valence-corrected chi connectivity index (χ4v) is 13.6. The molecule has 0 aromatic heterocycles. The number of allylic oxidation sites excluding steroid dienone is 5. The van der Waals surface area contributed by atoms with Gasteiger partial charge < -0.3 is 65.1 Å². The zero-order chi connectivity index (χ0) is 68.7. The van der Waals surface area contributed by atoms with Crippen molar-refractivity contribution in [2.45, 2.75) is 453 Å². The number of carbonyl (C=O) groups is 1. The average Bonchev–Trinajstić information content (AvgIpc) is 0.801. The molecule has 0 aromatic carbocycles. The number of carbonyl (C=O) groups excluding carboxylic acids is 1. The number of nitrogens with one attached hydrogen (secondary N) is 1. The van der Waals surface area contributed by atoms with E-state index in [1.165, 1.54) is 302 Å². The average molecular weight is 1350 g/mol. The van der Waals surface area contributed by atoms with Crippen LogP contribution in [0.3, 0.4) is 0 Å². The van der Waals surface area contributed by atoms with E-state index >= 15 is 0 Å². The molecule has 12 atom stereocenters. The molecule has 0 aromatic rings. The molecule has 0 aliphatic carbocycles. The highest BCUT2D eigenvalue weighted by molar-refractivity contribution is 5.76. The molecule has 14 nitrogen and oxygen atoms in total. The Morgan fingerprint density at radius 2 is 0.674 bits per heavy atom. The first-order chi connectivity index (χ1) is 46.6. The van der Waals surface area contributed by atoms with Crippen LogP contribution >= 0.6 is 0 Å². The molecule has 9 N–H and O–H groups in total. The van der Waals surface area contributed by atoms with Crippen LogP contribution in [0.15, 0.2) is 36.5 Å². The molecule has 2 aliphatic heterocycles. The lowest BCUT2D eigenvalue weighted by molar-refractivity contribution is -0.359. The second-order valence-corrected chi connectivity index (χ2v) is 28.9. The highest BCUT2D eigenvalue weighted by Gasteiger charge is 2.51. The maximum Gasteiger partial charge on any atom is 0.220 e. The molecule has 2 fully saturated rings. The van der Waals surface area contributed by atoms with Crippen LogP contribution in [0.5, 0.6) is 0 Å². The predicted molar refractivity (Wildman–Crippen MR) is 392 cm³/mol. The van der Waals surface area contributed by atoms with Gasteiger partial charge in [0.25, 0.3) is 0 Å². The monoisotopic (exact) mass is 1350 g/mol. The molecule has 560 valence electrons. The van der Waals surface area contributed by atoms with Crippen LogP contribution in [0.25, 0.3) is 0 Å². The molecule has 0 spiro atoms. The number of hydrogen-bond acceptors (Lipinski definition) is 13. The number of hydrogen-bond donors (Lipinski definition) is 9. The van der Waals surface area contributed by atoms with Crippen molar-refractivity contribution in [1.82, 2.24) is 5.32 Å². The zero-order valence-corrected chi connectivity index (χ0v) is 61.4. The van der Waals surface area contributed by atoms with Crippen molar-refractivity contribution in [1.29, 1.82) is 0 Å². The number of aliphatic hydroxyl groups is 8. The van der Waals surface area contributed by atoms with Crippen LogP contribution < -0.4 is 5.32 Å². The van der Waals surface area contributed by atoms with Crippen LogP contribution in [0.2, 0.25) is 0 Å². The number of aliphatic hydroxyl groups excluding tert-OH is 8. The van der Waals surface area contributed by atoms with Crippen molar-refractivity contribution in [2.75, 3.05) is 19.8 Å². The van der Waals surface area contributed by atoms with Crippen molar-refractivity contribution in [3.05, 3.63) is 36.5 Å². The molecule has 2 rings (SSSR count). The van der Waals surface area contributed by atoms with Gasteiger partial charge in [-0.15, -0.1) is 0 Å². The van der Waals surface area contributed by atoms with E-state index in [-0.39, 0.29) is 18.9 Å². The second kappa shape index (κ2) is 65.5. The lowest BCUT2D eigenvalue weighted by Gasteiger charge is -2.46. The summed E-state index contributed by atoms with van der Waals surface area (Å²) >= 11 is 0. The normalized spacial score (nSPS) is 22.5. The topological polar surface area (TPSA) is 228 Å². The van der Waals surface area contributed by atoms with Gasteiger partial charge in [-0.25, -0.2) is 0 Å². The number of unbranched alkanes of at least 4 members (excludes halogenated alkanes) is 52. The standard InChI is InChI=1S/C81H153NO13/c1-3-5-7-9-11-13-15-17-19-21-23-25-27-29-31-33-35-36-38-40-42-44-46-48-50-52-54-56-58-60-62-64-70(85)69(68-92-80-78(91)76(89)79(72(67-84)94-80)95-81-77(90)75(88)74(87)71(66-83)93-81)82-73(86)65-63-61-59-57-55-53-51-49-47-45-43-41-39-37-34-32-30-28-26-24-22-20-18-16-14-12-10-8-6-4-2/h46,48,54,56,62,64,69-72,74-81,83-85,87-91H,3-45,47,49-53,55,57-61,63,65-68H2,1-2H3,(H,82,86)/b48-46+,56-54+,64-62+. The first kappa shape index (κ1) is 89.3. The second-order valence-electron chi connectivity index (χ2n) is 28.9. The Morgan fingerprint density at radius 1 is 0.368 bits per heavy atom. The number of ether oxygens (including phenoxy) is 4. The zero-order valence-electron chi connectivity index (χ0n) is 61.4. The van der Waals surface area contributed by atoms with E-state index < -0.39 is 86.8 Å². The van der Waals surface area contributed by atoms with Gasteiger partial charge in [0.05, 0.1) is 32.0 Å². The summed E-state index contributed by atoms with van der Waals surface area (Å²) in [4.78, 5) is 13.4. The molecule has 2 saturated heterocycles. The molecular formula is C81H153NO13. The summed E-state index contributed by atoms with van der Waals surface area (Å²) in [6.45, 7) is 2.85. The smallest absolute Gasteiger partial charge is 0.220 e. The van der Waals surface area contributed by atoms with Gasteiger partial charge in [-0.3, -0.25) is 4.79 Å². The maximum atomic E-state index is 13.4. The first-order valence-electron chi connectivity index (χ1n) is 40.7. The summed E-state index contributed by atoms with van der Waals surface area (Å²) in [5.74, 6) is -0.245. The summed E-state index contributed by atoms with van der Waals surface area (Å²) in [6.07, 6.45) is 69.6. The van der Waals surface area contributed by atoms with Crippen LogP contribution in [0.1, 0.15) is 380 Å². The van der Waals surface area contributed by atoms with E-state index in [4.69, 9.17) is 18.9 Å². The highest BCUT2D eigenvalue weighted by atomic mass is 16.7. The van der Waals surface area contributed by atoms with Gasteiger partial charge in [0.2, 0.25) is 5.91 Å². The van der Waals surface area contributed by atoms with Gasteiger partial charge in [-0.2, -0.15) is 0 Å². The lowest BCUT2D eigenvalue weighted by Crippen LogP contribution is -2.65. The fourth-order valence-electron chi connectivity index (χ4n) is 13.6. The lowest BCUT2D eigenvalue weighted by atomic mass is 9.97. The Bertz CT molecular complexity index is 1730. The van der Waals surface area contributed by atoms with E-state index in [2.05, 4.69) is 43.5 Å². The molecule has 14 heteroatoms. The van der Waals surface area contributed by atoms with Gasteiger partial charge in [0.1, 0.15) is 48.8 Å². The van der Waals surface area contributed by atoms with Gasteiger partial charge in [0, 0.05) is 6.42 Å². The Morgan fingerprint density at radius 3 is 1.03 bits per heavy atom. The molecule has 2 aliphatic rings. The van der Waals surface area contributed by atoms with Gasteiger partial charge in [-0.05, 0) is 44.9 Å². The maximum absolute atomic E-state index is 13.4. The fraction of sp³-hybridized carbons (Fsp3) is 0.914. The van der Waals surface area contributed by atoms with E-state index in [0.29, 0.717) is 12.8 Å². The summed E-state index contributed by atoms with van der Waals surface area (Å²) in [5.41, 5.74) is 0. The third-order valence-electron chi connectivity index (χ3n) is 20.1. The molecule has 0 bridgehead atoms. The number of amides is 1. The Hall–Kier alpha value is -1.79. The summed E-state index contributed by atoms with van der Waals surface area (Å²) in [7, 11) is 0. The molecule has 95 heavy (non-hydrogen) atoms. The molecule has 0 radical (unpaired) electrons. The minimum Gasteiger partial charge on any atom is -0.394 e. The molecule has 0 saturated carbocycles. The van der Waals surface area contributed by atoms with E-state index in [0.717, 1.165) is 44.9 Å². The third-order valence-corrected chi connectivity index (χ3v) is 20.1. The van der Waals surface area contributed by atoms with Gasteiger partial charge >= 0.3 is 0 Å². The van der Waals surface area contributed by atoms with Crippen molar-refractivity contribution >= 4 is 5.91 Å². The van der Waals surface area contributed by atoms with Crippen molar-refractivity contribution < 1.29 is 64.6 Å². The number of rotatable bonds is 69. The minimum atomic E-state index is -1.79. The minimum absolute atomic E-state index is 0.245. The van der Waals surface area contributed by atoms with Crippen molar-refractivity contribution in [3.63, 3.8) is 0 Å². The Kier molecular flexibility index (Phi) is 61.6. The van der Waals surface area contributed by atoms with Crippen LogP contribution in [-0.4, -0.2) is 140 Å². The molecular weight excluding hydrogens is 1190 g/mol. The third kappa shape index (κ3) is 48.6. The van der Waals surface area contributed by atoms with Crippen LogP contribution in [-0.2, 0) is 23.7 Å². The molecule has 2 heterocycles. The van der Waals surface area contributed by atoms with Gasteiger partial charge in [-0.1, -0.05) is 365 Å². The van der Waals surface area contributed by atoms with Crippen molar-refractivity contribution in [2.24, 2.45) is 0 Å². The summed E-state index contributed by atoms with van der Waals surface area (Å²) in [6, 6.07) is -0.938. The highest BCUT2D eigenvalue weighted by Crippen LogP contribution is 2.30. The van der Waals surface area contributed by atoms with Gasteiger partial charge in [0.15, 0.2) is 12.6 Å². The summed E-state index contributed by atoms with van der Waals surface area (Å²) in [5, 5.41) is 87.6. The SMILES string of the molecule is CCCCCCCCCCCCCCCCCCCCCCC/C=C/CC/C=C/CC/C=C/C(O)C(COC1OC(CO)C(OC2OC(CO)C(O)C(O)C2O)C(O)C1O)NC(=O)CCCCCCCCCCCCCCCCCCCCCCCCCCCCCCCC. The Labute approximate surface area is 582 Å². The first-order valence-corrected chi connectivity index (χ1v) is 40.7. The predicted octanol–water partition coefficient (Wildman–Crippen LogP) is 18.4. The molecule has 1 amide bonds. The quantitative estimate of drug-likeness (QED) is 0.0204. The molecule has 12 unspecified atom stereocenters. The summed E-state index contributed by atoms with van der Waals surface area (Å²) < 4.78 is 22.9. The van der Waals surface area contributed by atoms with Crippen molar-refractivity contribution in [3.8, 4) is 0 Å². The van der Waals surface area contributed by atoms with Crippen LogP contribution in [0.4, 0.5) is 0 Å². The largest absolute Gasteiger partial charge is 0.394 e. The van der Waals surface area contributed by atoms with E-state index in [9.17, 15) is 45.6 Å². The van der Waals surface area contributed by atoms with Crippen LogP contribution in [0, 0.1) is 0 Å².